The standard InChI is InChI=1S/C22H19N3O4S/c1-30(26,27)19-7-5-17(6-8-19)28-21-9-4-16(20-15-24-11-12-25-20)13-22(21)29-18-3-2-10-23-14-18/h2-12,14-16H,13H2,1H3. The molecule has 4 rings (SSSR count). The summed E-state index contributed by atoms with van der Waals surface area (Å²) < 4.78 is 35.4. The van der Waals surface area contributed by atoms with Gasteiger partial charge in [0.05, 0.1) is 16.8 Å². The third-order valence-corrected chi connectivity index (χ3v) is 5.61. The summed E-state index contributed by atoms with van der Waals surface area (Å²) in [5.41, 5.74) is 0.831. The van der Waals surface area contributed by atoms with Gasteiger partial charge in [0.25, 0.3) is 0 Å². The molecule has 2 heterocycles. The second-order valence-electron chi connectivity index (χ2n) is 6.72. The normalized spacial score (nSPS) is 16.4. The Kier molecular flexibility index (Phi) is 5.58. The maximum atomic E-state index is 11.7. The van der Waals surface area contributed by atoms with Gasteiger partial charge in [-0.05, 0) is 42.5 Å². The molecule has 0 saturated carbocycles. The lowest BCUT2D eigenvalue weighted by molar-refractivity contribution is 0.333. The van der Waals surface area contributed by atoms with Gasteiger partial charge in [0.15, 0.2) is 15.6 Å². The van der Waals surface area contributed by atoms with Crippen molar-refractivity contribution in [3.05, 3.63) is 96.7 Å². The number of nitrogens with zero attached hydrogens (tertiary/aromatic N) is 3. The summed E-state index contributed by atoms with van der Waals surface area (Å²) in [7, 11) is -3.27. The Labute approximate surface area is 174 Å². The van der Waals surface area contributed by atoms with Crippen LogP contribution in [0, 0.1) is 0 Å². The molecule has 0 N–H and O–H groups in total. The summed E-state index contributed by atoms with van der Waals surface area (Å²) in [6, 6.07) is 9.87. The molecule has 0 radical (unpaired) electrons. The number of hydrogen-bond acceptors (Lipinski definition) is 7. The minimum atomic E-state index is -3.27. The fraction of sp³-hybridized carbons (Fsp3) is 0.136. The molecule has 0 saturated heterocycles. The highest BCUT2D eigenvalue weighted by atomic mass is 32.2. The molecular weight excluding hydrogens is 402 g/mol. The summed E-state index contributed by atoms with van der Waals surface area (Å²) in [5, 5.41) is 0. The van der Waals surface area contributed by atoms with E-state index in [2.05, 4.69) is 15.0 Å². The van der Waals surface area contributed by atoms with Gasteiger partial charge >= 0.3 is 0 Å². The second-order valence-corrected chi connectivity index (χ2v) is 8.74. The first-order valence-corrected chi connectivity index (χ1v) is 11.1. The Morgan fingerprint density at radius 2 is 1.73 bits per heavy atom. The van der Waals surface area contributed by atoms with Crippen LogP contribution in [0.4, 0.5) is 0 Å². The Morgan fingerprint density at radius 3 is 2.40 bits per heavy atom. The van der Waals surface area contributed by atoms with Crippen molar-refractivity contribution in [3.63, 3.8) is 0 Å². The zero-order valence-corrected chi connectivity index (χ0v) is 17.0. The number of aromatic nitrogens is 3. The van der Waals surface area contributed by atoms with Gasteiger partial charge in [0.2, 0.25) is 0 Å². The molecule has 2 aromatic heterocycles. The van der Waals surface area contributed by atoms with Crippen molar-refractivity contribution in [2.75, 3.05) is 6.26 Å². The predicted octanol–water partition coefficient (Wildman–Crippen LogP) is 3.69. The number of pyridine rings is 1. The number of hydrogen-bond donors (Lipinski definition) is 0. The number of allylic oxidation sites excluding steroid dienone is 3. The van der Waals surface area contributed by atoms with Crippen LogP contribution in [-0.4, -0.2) is 29.6 Å². The summed E-state index contributed by atoms with van der Waals surface area (Å²) in [4.78, 5) is 12.8. The van der Waals surface area contributed by atoms with E-state index < -0.39 is 9.84 Å². The second kappa shape index (κ2) is 8.46. The molecule has 1 unspecified atom stereocenters. The first kappa shape index (κ1) is 19.8. The topological polar surface area (TPSA) is 91.3 Å². The average Bonchev–Trinajstić information content (AvgIpc) is 2.76. The van der Waals surface area contributed by atoms with Crippen molar-refractivity contribution in [2.24, 2.45) is 0 Å². The van der Waals surface area contributed by atoms with E-state index in [0.29, 0.717) is 29.4 Å². The van der Waals surface area contributed by atoms with Crippen molar-refractivity contribution in [3.8, 4) is 11.5 Å². The van der Waals surface area contributed by atoms with Crippen LogP contribution in [0.3, 0.4) is 0 Å². The first-order chi connectivity index (χ1) is 14.5. The lowest BCUT2D eigenvalue weighted by atomic mass is 9.95. The predicted molar refractivity (Wildman–Crippen MR) is 111 cm³/mol. The molecule has 8 heteroatoms. The van der Waals surface area contributed by atoms with E-state index in [0.717, 1.165) is 5.69 Å². The number of benzene rings is 1. The van der Waals surface area contributed by atoms with Gasteiger partial charge in [-0.3, -0.25) is 15.0 Å². The van der Waals surface area contributed by atoms with Crippen LogP contribution in [0.1, 0.15) is 18.0 Å². The van der Waals surface area contributed by atoms with Crippen LogP contribution in [0.25, 0.3) is 0 Å². The highest BCUT2D eigenvalue weighted by molar-refractivity contribution is 7.90. The van der Waals surface area contributed by atoms with Gasteiger partial charge in [0.1, 0.15) is 17.3 Å². The average molecular weight is 421 g/mol. The van der Waals surface area contributed by atoms with Gasteiger partial charge in [-0.25, -0.2) is 8.42 Å². The highest BCUT2D eigenvalue weighted by Crippen LogP contribution is 2.33. The minimum Gasteiger partial charge on any atom is -0.456 e. The van der Waals surface area contributed by atoms with E-state index in [1.165, 1.54) is 18.4 Å². The molecule has 0 bridgehead atoms. The summed E-state index contributed by atoms with van der Waals surface area (Å²) in [5.74, 6) is 2.24. The molecule has 7 nitrogen and oxygen atoms in total. The monoisotopic (exact) mass is 421 g/mol. The van der Waals surface area contributed by atoms with Crippen LogP contribution in [-0.2, 0) is 9.84 Å². The molecule has 1 aliphatic carbocycles. The Balaban J connectivity index is 1.62. The highest BCUT2D eigenvalue weighted by Gasteiger charge is 2.23. The van der Waals surface area contributed by atoms with Crippen molar-refractivity contribution >= 4 is 9.84 Å². The molecule has 1 aliphatic rings. The first-order valence-electron chi connectivity index (χ1n) is 9.22. The molecular formula is C22H19N3O4S. The van der Waals surface area contributed by atoms with Gasteiger partial charge in [-0.15, -0.1) is 0 Å². The molecule has 30 heavy (non-hydrogen) atoms. The van der Waals surface area contributed by atoms with Crippen molar-refractivity contribution in [1.82, 2.24) is 15.0 Å². The zero-order valence-electron chi connectivity index (χ0n) is 16.2. The number of rotatable bonds is 6. The third-order valence-electron chi connectivity index (χ3n) is 4.48. The van der Waals surface area contributed by atoms with Crippen LogP contribution in [0.2, 0.25) is 0 Å². The molecule has 0 amide bonds. The van der Waals surface area contributed by atoms with E-state index in [1.54, 1.807) is 49.2 Å². The third kappa shape index (κ3) is 4.72. The van der Waals surface area contributed by atoms with Gasteiger partial charge in [0, 0.05) is 43.4 Å². The fourth-order valence-electron chi connectivity index (χ4n) is 2.98. The number of sulfone groups is 1. The van der Waals surface area contributed by atoms with E-state index in [4.69, 9.17) is 9.47 Å². The molecule has 152 valence electrons. The van der Waals surface area contributed by atoms with Gasteiger partial charge in [-0.1, -0.05) is 6.08 Å². The summed E-state index contributed by atoms with van der Waals surface area (Å²) >= 11 is 0. The van der Waals surface area contributed by atoms with Gasteiger partial charge < -0.3 is 9.47 Å². The van der Waals surface area contributed by atoms with E-state index >= 15 is 0 Å². The zero-order chi connectivity index (χ0) is 21.0. The van der Waals surface area contributed by atoms with Crippen LogP contribution < -0.4 is 9.47 Å². The molecule has 3 aromatic rings. The van der Waals surface area contributed by atoms with E-state index in [9.17, 15) is 8.42 Å². The summed E-state index contributed by atoms with van der Waals surface area (Å²) in [6.45, 7) is 0. The lowest BCUT2D eigenvalue weighted by Gasteiger charge is -2.22. The van der Waals surface area contributed by atoms with Crippen molar-refractivity contribution in [2.45, 2.75) is 17.2 Å². The lowest BCUT2D eigenvalue weighted by Crippen LogP contribution is -2.13. The smallest absolute Gasteiger partial charge is 0.175 e. The minimum absolute atomic E-state index is 0.00895. The molecule has 0 aliphatic heterocycles. The maximum Gasteiger partial charge on any atom is 0.175 e. The van der Waals surface area contributed by atoms with Crippen LogP contribution in [0.5, 0.6) is 11.5 Å². The van der Waals surface area contributed by atoms with E-state index in [1.807, 2.05) is 18.2 Å². The number of ether oxygens (including phenoxy) is 2. The van der Waals surface area contributed by atoms with Crippen molar-refractivity contribution < 1.29 is 17.9 Å². The Morgan fingerprint density at radius 1 is 0.933 bits per heavy atom. The molecule has 1 aromatic carbocycles. The van der Waals surface area contributed by atoms with Crippen molar-refractivity contribution in [1.29, 1.82) is 0 Å². The largest absolute Gasteiger partial charge is 0.456 e. The molecule has 0 fully saturated rings. The Bertz CT molecular complexity index is 1180. The van der Waals surface area contributed by atoms with Gasteiger partial charge in [-0.2, -0.15) is 0 Å². The fourth-order valence-corrected chi connectivity index (χ4v) is 3.62. The molecule has 1 atom stereocenters. The molecule has 0 spiro atoms. The Hall–Kier alpha value is -3.52. The SMILES string of the molecule is CS(=O)(=O)c1ccc(OC2=C(Oc3cccnc3)CC(c3cnccn3)C=C2)cc1. The quantitative estimate of drug-likeness (QED) is 0.599. The van der Waals surface area contributed by atoms with Crippen LogP contribution >= 0.6 is 0 Å². The van der Waals surface area contributed by atoms with E-state index in [-0.39, 0.29) is 10.8 Å². The maximum absolute atomic E-state index is 11.7. The summed E-state index contributed by atoms with van der Waals surface area (Å²) in [6.07, 6.45) is 13.8. The van der Waals surface area contributed by atoms with Crippen LogP contribution in [0.15, 0.2) is 95.9 Å².